The molecular formula is C15H18N2O2S. The van der Waals surface area contributed by atoms with Gasteiger partial charge >= 0.3 is 0 Å². The summed E-state index contributed by atoms with van der Waals surface area (Å²) in [4.78, 5) is 0.263. The predicted octanol–water partition coefficient (Wildman–Crippen LogP) is 2.62. The third kappa shape index (κ3) is 3.37. The van der Waals surface area contributed by atoms with E-state index < -0.39 is 10.0 Å². The van der Waals surface area contributed by atoms with E-state index >= 15 is 0 Å². The van der Waals surface area contributed by atoms with Crippen molar-refractivity contribution in [3.05, 3.63) is 59.7 Å². The van der Waals surface area contributed by atoms with Crippen LogP contribution in [0.5, 0.6) is 0 Å². The lowest BCUT2D eigenvalue weighted by Crippen LogP contribution is -2.26. The van der Waals surface area contributed by atoms with Crippen LogP contribution in [0, 0.1) is 6.92 Å². The summed E-state index contributed by atoms with van der Waals surface area (Å²) >= 11 is 0. The van der Waals surface area contributed by atoms with E-state index in [-0.39, 0.29) is 10.9 Å². The van der Waals surface area contributed by atoms with Crippen molar-refractivity contribution in [2.24, 2.45) is 0 Å². The minimum atomic E-state index is -3.53. The van der Waals surface area contributed by atoms with Gasteiger partial charge in [-0.1, -0.05) is 29.8 Å². The van der Waals surface area contributed by atoms with Crippen LogP contribution >= 0.6 is 0 Å². The molecule has 0 fully saturated rings. The zero-order valence-electron chi connectivity index (χ0n) is 11.5. The molecular weight excluding hydrogens is 272 g/mol. The van der Waals surface area contributed by atoms with Gasteiger partial charge in [0.2, 0.25) is 10.0 Å². The summed E-state index contributed by atoms with van der Waals surface area (Å²) in [7, 11) is -3.53. The summed E-state index contributed by atoms with van der Waals surface area (Å²) in [5.74, 6) is 0. The number of benzene rings is 2. The smallest absolute Gasteiger partial charge is 0.241 e. The van der Waals surface area contributed by atoms with E-state index in [1.807, 2.05) is 13.0 Å². The Labute approximate surface area is 119 Å². The van der Waals surface area contributed by atoms with Gasteiger partial charge in [-0.3, -0.25) is 0 Å². The quantitative estimate of drug-likeness (QED) is 0.850. The lowest BCUT2D eigenvalue weighted by molar-refractivity contribution is 0.567. The molecule has 0 aliphatic rings. The number of rotatable bonds is 4. The second-order valence-corrected chi connectivity index (χ2v) is 6.54. The Morgan fingerprint density at radius 2 is 1.75 bits per heavy atom. The van der Waals surface area contributed by atoms with E-state index in [1.54, 1.807) is 49.4 Å². The van der Waals surface area contributed by atoms with Gasteiger partial charge in [-0.25, -0.2) is 13.1 Å². The highest BCUT2D eigenvalue weighted by Gasteiger charge is 2.18. The van der Waals surface area contributed by atoms with Gasteiger partial charge < -0.3 is 5.73 Å². The Hall–Kier alpha value is -1.85. The van der Waals surface area contributed by atoms with Crippen LogP contribution in [0.1, 0.15) is 24.1 Å². The number of aryl methyl sites for hydroxylation is 1. The van der Waals surface area contributed by atoms with Crippen LogP contribution in [-0.2, 0) is 10.0 Å². The molecule has 0 heterocycles. The second-order valence-electron chi connectivity index (χ2n) is 4.83. The van der Waals surface area contributed by atoms with Crippen molar-refractivity contribution < 1.29 is 8.42 Å². The zero-order chi connectivity index (χ0) is 14.8. The van der Waals surface area contributed by atoms with Crippen molar-refractivity contribution in [3.8, 4) is 0 Å². The number of nitrogens with two attached hydrogens (primary N) is 1. The number of sulfonamides is 1. The summed E-state index contributed by atoms with van der Waals surface area (Å²) < 4.78 is 27.2. The molecule has 2 aromatic carbocycles. The number of anilines is 1. The van der Waals surface area contributed by atoms with Crippen molar-refractivity contribution in [1.82, 2.24) is 4.72 Å². The highest BCUT2D eigenvalue weighted by atomic mass is 32.2. The third-order valence-corrected chi connectivity index (χ3v) is 4.63. The van der Waals surface area contributed by atoms with Gasteiger partial charge in [-0.05, 0) is 43.7 Å². The van der Waals surface area contributed by atoms with Crippen LogP contribution in [-0.4, -0.2) is 8.42 Å². The highest BCUT2D eigenvalue weighted by Crippen LogP contribution is 2.19. The van der Waals surface area contributed by atoms with Gasteiger partial charge in [-0.2, -0.15) is 0 Å². The van der Waals surface area contributed by atoms with Crippen molar-refractivity contribution in [2.45, 2.75) is 24.8 Å². The SMILES string of the molecule is Cc1ccc(S(=O)(=O)NC(C)c2cccc(N)c2)cc1. The first-order valence-electron chi connectivity index (χ1n) is 6.33. The molecule has 1 unspecified atom stereocenters. The molecule has 0 bridgehead atoms. The van der Waals surface area contributed by atoms with E-state index in [0.29, 0.717) is 5.69 Å². The summed E-state index contributed by atoms with van der Waals surface area (Å²) in [5, 5.41) is 0. The summed E-state index contributed by atoms with van der Waals surface area (Å²) in [6.07, 6.45) is 0. The molecule has 0 saturated carbocycles. The molecule has 4 nitrogen and oxygen atoms in total. The maximum Gasteiger partial charge on any atom is 0.241 e. The molecule has 0 aliphatic heterocycles. The molecule has 106 valence electrons. The van der Waals surface area contributed by atoms with Crippen LogP contribution in [0.15, 0.2) is 53.4 Å². The van der Waals surface area contributed by atoms with Gasteiger partial charge in [0, 0.05) is 11.7 Å². The van der Waals surface area contributed by atoms with Crippen LogP contribution < -0.4 is 10.5 Å². The lowest BCUT2D eigenvalue weighted by Gasteiger charge is -2.15. The largest absolute Gasteiger partial charge is 0.399 e. The second kappa shape index (κ2) is 5.64. The lowest BCUT2D eigenvalue weighted by atomic mass is 10.1. The maximum absolute atomic E-state index is 12.3. The fourth-order valence-corrected chi connectivity index (χ4v) is 3.15. The summed E-state index contributed by atoms with van der Waals surface area (Å²) in [5.41, 5.74) is 8.18. The molecule has 20 heavy (non-hydrogen) atoms. The van der Waals surface area contributed by atoms with Crippen molar-refractivity contribution in [2.75, 3.05) is 5.73 Å². The molecule has 2 rings (SSSR count). The maximum atomic E-state index is 12.3. The van der Waals surface area contributed by atoms with Crippen molar-refractivity contribution >= 4 is 15.7 Å². The fourth-order valence-electron chi connectivity index (χ4n) is 1.91. The highest BCUT2D eigenvalue weighted by molar-refractivity contribution is 7.89. The van der Waals surface area contributed by atoms with Crippen LogP contribution in [0.25, 0.3) is 0 Å². The number of nitrogens with one attached hydrogen (secondary N) is 1. The first-order valence-corrected chi connectivity index (χ1v) is 7.81. The fraction of sp³-hybridized carbons (Fsp3) is 0.200. The topological polar surface area (TPSA) is 72.2 Å². The van der Waals surface area contributed by atoms with Gasteiger partial charge in [0.1, 0.15) is 0 Å². The molecule has 2 aromatic rings. The minimum Gasteiger partial charge on any atom is -0.399 e. The Morgan fingerprint density at radius 1 is 1.10 bits per heavy atom. The first kappa shape index (κ1) is 14.6. The Morgan fingerprint density at radius 3 is 2.35 bits per heavy atom. The monoisotopic (exact) mass is 290 g/mol. The van der Waals surface area contributed by atoms with E-state index in [1.165, 1.54) is 0 Å². The minimum absolute atomic E-state index is 0.263. The Balaban J connectivity index is 2.22. The third-order valence-electron chi connectivity index (χ3n) is 3.07. The average Bonchev–Trinajstić information content (AvgIpc) is 2.38. The van der Waals surface area contributed by atoms with Crippen LogP contribution in [0.2, 0.25) is 0 Å². The van der Waals surface area contributed by atoms with E-state index in [9.17, 15) is 8.42 Å². The molecule has 3 N–H and O–H groups in total. The van der Waals surface area contributed by atoms with Crippen molar-refractivity contribution in [1.29, 1.82) is 0 Å². The van der Waals surface area contributed by atoms with Crippen LogP contribution in [0.4, 0.5) is 5.69 Å². The molecule has 0 amide bonds. The predicted molar refractivity (Wildman–Crippen MR) is 80.8 cm³/mol. The van der Waals surface area contributed by atoms with Gasteiger partial charge in [0.05, 0.1) is 4.90 Å². The number of hydrogen-bond donors (Lipinski definition) is 2. The molecule has 0 spiro atoms. The van der Waals surface area contributed by atoms with Crippen LogP contribution in [0.3, 0.4) is 0 Å². The van der Waals surface area contributed by atoms with Gasteiger partial charge in [0.25, 0.3) is 0 Å². The zero-order valence-corrected chi connectivity index (χ0v) is 12.3. The molecule has 0 aliphatic carbocycles. The van der Waals surface area contributed by atoms with E-state index in [4.69, 9.17) is 5.73 Å². The standard InChI is InChI=1S/C15H18N2O2S/c1-11-6-8-15(9-7-11)20(18,19)17-12(2)13-4-3-5-14(16)10-13/h3-10,12,17H,16H2,1-2H3. The van der Waals surface area contributed by atoms with Crippen molar-refractivity contribution in [3.63, 3.8) is 0 Å². The molecule has 0 saturated heterocycles. The normalized spacial score (nSPS) is 13.1. The Kier molecular flexibility index (Phi) is 4.11. The molecule has 0 aromatic heterocycles. The summed E-state index contributed by atoms with van der Waals surface area (Å²) in [6, 6.07) is 13.6. The van der Waals surface area contributed by atoms with Gasteiger partial charge in [0.15, 0.2) is 0 Å². The number of nitrogen functional groups attached to an aromatic ring is 1. The van der Waals surface area contributed by atoms with E-state index in [0.717, 1.165) is 11.1 Å². The molecule has 5 heteroatoms. The Bertz CT molecular complexity index is 694. The average molecular weight is 290 g/mol. The summed E-state index contributed by atoms with van der Waals surface area (Å²) in [6.45, 7) is 3.71. The number of hydrogen-bond acceptors (Lipinski definition) is 3. The molecule has 0 radical (unpaired) electrons. The molecule has 1 atom stereocenters. The first-order chi connectivity index (χ1) is 9.38. The van der Waals surface area contributed by atoms with E-state index in [2.05, 4.69) is 4.72 Å². The van der Waals surface area contributed by atoms with Gasteiger partial charge in [-0.15, -0.1) is 0 Å².